The van der Waals surface area contributed by atoms with E-state index in [1.807, 2.05) is 32.0 Å². The van der Waals surface area contributed by atoms with Crippen LogP contribution in [0, 0.1) is 19.8 Å². The first-order chi connectivity index (χ1) is 11.0. The van der Waals surface area contributed by atoms with Crippen molar-refractivity contribution >= 4 is 23.2 Å². The van der Waals surface area contributed by atoms with Gasteiger partial charge in [-0.1, -0.05) is 12.1 Å². The van der Waals surface area contributed by atoms with E-state index in [1.54, 1.807) is 29.4 Å². The Hall–Kier alpha value is -2.69. The Kier molecular flexibility index (Phi) is 4.10. The summed E-state index contributed by atoms with van der Waals surface area (Å²) in [7, 11) is 0. The summed E-state index contributed by atoms with van der Waals surface area (Å²) in [5.41, 5.74) is 3.74. The zero-order valence-corrected chi connectivity index (χ0v) is 13.2. The Morgan fingerprint density at radius 1 is 1.22 bits per heavy atom. The van der Waals surface area contributed by atoms with Crippen molar-refractivity contribution in [2.45, 2.75) is 20.3 Å². The fourth-order valence-electron chi connectivity index (χ4n) is 2.81. The van der Waals surface area contributed by atoms with Crippen molar-refractivity contribution in [2.24, 2.45) is 5.92 Å². The molecule has 0 bridgehead atoms. The largest absolute Gasteiger partial charge is 0.326 e. The smallest absolute Gasteiger partial charge is 0.229 e. The van der Waals surface area contributed by atoms with Crippen LogP contribution in [0.25, 0.3) is 0 Å². The Morgan fingerprint density at radius 2 is 1.96 bits per heavy atom. The van der Waals surface area contributed by atoms with Crippen LogP contribution in [-0.4, -0.2) is 23.3 Å². The van der Waals surface area contributed by atoms with Crippen LogP contribution < -0.4 is 10.2 Å². The molecule has 0 aliphatic carbocycles. The van der Waals surface area contributed by atoms with Crippen molar-refractivity contribution in [3.63, 3.8) is 0 Å². The summed E-state index contributed by atoms with van der Waals surface area (Å²) in [4.78, 5) is 30.4. The van der Waals surface area contributed by atoms with Gasteiger partial charge < -0.3 is 10.2 Å². The predicted molar refractivity (Wildman–Crippen MR) is 89.2 cm³/mol. The summed E-state index contributed by atoms with van der Waals surface area (Å²) in [6, 6.07) is 9.49. The number of anilines is 2. The van der Waals surface area contributed by atoms with E-state index in [0.717, 1.165) is 16.8 Å². The molecule has 1 unspecified atom stereocenters. The highest BCUT2D eigenvalue weighted by atomic mass is 16.2. The quantitative estimate of drug-likeness (QED) is 0.948. The van der Waals surface area contributed by atoms with Crippen molar-refractivity contribution in [3.8, 4) is 0 Å². The third-order valence-electron chi connectivity index (χ3n) is 4.10. The van der Waals surface area contributed by atoms with E-state index in [0.29, 0.717) is 12.2 Å². The summed E-state index contributed by atoms with van der Waals surface area (Å²) in [6.45, 7) is 4.39. The molecule has 1 aliphatic rings. The van der Waals surface area contributed by atoms with Gasteiger partial charge in [0, 0.05) is 36.7 Å². The summed E-state index contributed by atoms with van der Waals surface area (Å²) in [6.07, 6.45) is 3.49. The minimum Gasteiger partial charge on any atom is -0.326 e. The van der Waals surface area contributed by atoms with Gasteiger partial charge in [-0.25, -0.2) is 0 Å². The van der Waals surface area contributed by atoms with Crippen LogP contribution in [0.5, 0.6) is 0 Å². The average Bonchev–Trinajstić information content (AvgIpc) is 2.92. The first-order valence-electron chi connectivity index (χ1n) is 7.63. The minimum atomic E-state index is -0.337. The molecule has 2 aromatic rings. The molecule has 5 nitrogen and oxygen atoms in total. The Labute approximate surface area is 135 Å². The third-order valence-corrected chi connectivity index (χ3v) is 4.10. The van der Waals surface area contributed by atoms with Gasteiger partial charge in [-0.15, -0.1) is 0 Å². The zero-order valence-electron chi connectivity index (χ0n) is 13.2. The number of carbonyl (C=O) groups is 2. The van der Waals surface area contributed by atoms with Crippen LogP contribution in [0.15, 0.2) is 42.7 Å². The summed E-state index contributed by atoms with van der Waals surface area (Å²) < 4.78 is 0. The van der Waals surface area contributed by atoms with Gasteiger partial charge in [0.2, 0.25) is 11.8 Å². The Balaban J connectivity index is 1.74. The van der Waals surface area contributed by atoms with E-state index in [4.69, 9.17) is 0 Å². The number of aromatic nitrogens is 1. The normalized spacial score (nSPS) is 17.4. The number of pyridine rings is 1. The molecule has 0 radical (unpaired) electrons. The highest BCUT2D eigenvalue weighted by Crippen LogP contribution is 2.29. The minimum absolute atomic E-state index is 0.00595. The molecule has 23 heavy (non-hydrogen) atoms. The lowest BCUT2D eigenvalue weighted by atomic mass is 10.1. The second kappa shape index (κ2) is 6.20. The van der Waals surface area contributed by atoms with Gasteiger partial charge in [0.05, 0.1) is 5.92 Å². The van der Waals surface area contributed by atoms with E-state index >= 15 is 0 Å². The highest BCUT2D eigenvalue weighted by Gasteiger charge is 2.35. The molecule has 2 heterocycles. The number of hydrogen-bond donors (Lipinski definition) is 1. The number of carbonyl (C=O) groups excluding carboxylic acids is 2. The maximum atomic E-state index is 12.4. The van der Waals surface area contributed by atoms with Crippen molar-refractivity contribution in [1.29, 1.82) is 0 Å². The summed E-state index contributed by atoms with van der Waals surface area (Å²) in [5, 5.41) is 2.84. The van der Waals surface area contributed by atoms with E-state index in [2.05, 4.69) is 10.3 Å². The molecule has 1 aliphatic heterocycles. The third kappa shape index (κ3) is 3.23. The molecule has 1 fully saturated rings. The summed E-state index contributed by atoms with van der Waals surface area (Å²) in [5.74, 6) is -0.471. The molecule has 0 spiro atoms. The second-order valence-electron chi connectivity index (χ2n) is 5.92. The molecule has 1 saturated heterocycles. The first kappa shape index (κ1) is 15.2. The van der Waals surface area contributed by atoms with E-state index < -0.39 is 0 Å². The average molecular weight is 309 g/mol. The lowest BCUT2D eigenvalue weighted by Crippen LogP contribution is -2.28. The van der Waals surface area contributed by atoms with Gasteiger partial charge >= 0.3 is 0 Å². The monoisotopic (exact) mass is 309 g/mol. The molecule has 1 aromatic heterocycles. The Bertz CT molecular complexity index is 743. The molecule has 5 heteroatoms. The fourth-order valence-corrected chi connectivity index (χ4v) is 2.81. The van der Waals surface area contributed by atoms with E-state index in [1.165, 1.54) is 0 Å². The van der Waals surface area contributed by atoms with Crippen LogP contribution >= 0.6 is 0 Å². The van der Waals surface area contributed by atoms with Gasteiger partial charge in [-0.05, 0) is 43.2 Å². The maximum absolute atomic E-state index is 12.4. The highest BCUT2D eigenvalue weighted by molar-refractivity contribution is 6.03. The van der Waals surface area contributed by atoms with E-state index in [-0.39, 0.29) is 24.2 Å². The SMILES string of the molecule is Cc1ccc(C)c(N2CC(C(=O)Nc3ccncc3)CC2=O)c1. The van der Waals surface area contributed by atoms with Crippen LogP contribution in [0.3, 0.4) is 0 Å². The van der Waals surface area contributed by atoms with Crippen molar-refractivity contribution in [3.05, 3.63) is 53.9 Å². The lowest BCUT2D eigenvalue weighted by molar-refractivity contribution is -0.122. The molecule has 118 valence electrons. The van der Waals surface area contributed by atoms with Crippen LogP contribution in [0.4, 0.5) is 11.4 Å². The molecule has 1 N–H and O–H groups in total. The standard InChI is InChI=1S/C18H19N3O2/c1-12-3-4-13(2)16(9-12)21-11-14(10-17(21)22)18(23)20-15-5-7-19-8-6-15/h3-9,14H,10-11H2,1-2H3,(H,19,20,23). The van der Waals surface area contributed by atoms with Gasteiger partial charge in [0.25, 0.3) is 0 Å². The fraction of sp³-hybridized carbons (Fsp3) is 0.278. The number of hydrogen-bond acceptors (Lipinski definition) is 3. The Morgan fingerprint density at radius 3 is 2.70 bits per heavy atom. The molecule has 1 atom stereocenters. The predicted octanol–water partition coefficient (Wildman–Crippen LogP) is 2.69. The number of aryl methyl sites for hydroxylation is 2. The van der Waals surface area contributed by atoms with Crippen molar-refractivity contribution in [1.82, 2.24) is 4.98 Å². The number of benzene rings is 1. The van der Waals surface area contributed by atoms with Crippen molar-refractivity contribution < 1.29 is 9.59 Å². The number of nitrogens with one attached hydrogen (secondary N) is 1. The van der Waals surface area contributed by atoms with Gasteiger partial charge in [-0.3, -0.25) is 14.6 Å². The molecule has 0 saturated carbocycles. The maximum Gasteiger partial charge on any atom is 0.229 e. The van der Waals surface area contributed by atoms with Crippen molar-refractivity contribution in [2.75, 3.05) is 16.8 Å². The van der Waals surface area contributed by atoms with Crippen LogP contribution in [0.1, 0.15) is 17.5 Å². The molecular formula is C18H19N3O2. The number of amides is 2. The molecule has 3 rings (SSSR count). The zero-order chi connectivity index (χ0) is 16.4. The van der Waals surface area contributed by atoms with E-state index in [9.17, 15) is 9.59 Å². The number of rotatable bonds is 3. The lowest BCUT2D eigenvalue weighted by Gasteiger charge is -2.19. The van der Waals surface area contributed by atoms with Gasteiger partial charge in [0.15, 0.2) is 0 Å². The number of nitrogens with zero attached hydrogens (tertiary/aromatic N) is 2. The summed E-state index contributed by atoms with van der Waals surface area (Å²) >= 11 is 0. The molecule has 1 aromatic carbocycles. The molecular weight excluding hydrogens is 290 g/mol. The molecule has 2 amide bonds. The first-order valence-corrected chi connectivity index (χ1v) is 7.63. The van der Waals surface area contributed by atoms with Gasteiger partial charge in [-0.2, -0.15) is 0 Å². The van der Waals surface area contributed by atoms with Crippen LogP contribution in [-0.2, 0) is 9.59 Å². The van der Waals surface area contributed by atoms with Gasteiger partial charge in [0.1, 0.15) is 0 Å². The topological polar surface area (TPSA) is 62.3 Å². The van der Waals surface area contributed by atoms with Crippen LogP contribution in [0.2, 0.25) is 0 Å². The second-order valence-corrected chi connectivity index (χ2v) is 5.92.